The Hall–Kier alpha value is -2.16. The highest BCUT2D eigenvalue weighted by Crippen LogP contribution is 2.16. The normalized spacial score (nSPS) is 10.7. The molecule has 0 radical (unpaired) electrons. The summed E-state index contributed by atoms with van der Waals surface area (Å²) in [6.45, 7) is 0. The van der Waals surface area contributed by atoms with Crippen molar-refractivity contribution < 1.29 is 4.79 Å². The number of hydrogen-bond acceptors (Lipinski definition) is 2. The Kier molecular flexibility index (Phi) is 2.74. The third kappa shape index (κ3) is 2.20. The number of rotatable bonds is 3. The molecule has 1 aromatic carbocycles. The van der Waals surface area contributed by atoms with Crippen LogP contribution in [0.15, 0.2) is 42.9 Å². The zero-order valence-corrected chi connectivity index (χ0v) is 8.05. The quantitative estimate of drug-likeness (QED) is 0.607. The summed E-state index contributed by atoms with van der Waals surface area (Å²) in [5, 5.41) is 0. The van der Waals surface area contributed by atoms with Crippen molar-refractivity contribution in [2.75, 3.05) is 0 Å². The lowest BCUT2D eigenvalue weighted by Crippen LogP contribution is -1.77. The fraction of sp³-hybridized carbons (Fsp3) is 0. The van der Waals surface area contributed by atoms with Gasteiger partial charge in [0.05, 0.1) is 18.2 Å². The van der Waals surface area contributed by atoms with Gasteiger partial charge in [-0.05, 0) is 17.2 Å². The van der Waals surface area contributed by atoms with Gasteiger partial charge in [0.25, 0.3) is 0 Å². The zero-order valence-electron chi connectivity index (χ0n) is 8.05. The van der Waals surface area contributed by atoms with Crippen LogP contribution >= 0.6 is 0 Å². The summed E-state index contributed by atoms with van der Waals surface area (Å²) in [5.41, 5.74) is 3.07. The molecule has 0 unspecified atom stereocenters. The molecule has 2 aromatic rings. The highest BCUT2D eigenvalue weighted by Gasteiger charge is 1.96. The van der Waals surface area contributed by atoms with Crippen LogP contribution < -0.4 is 0 Å². The van der Waals surface area contributed by atoms with Crippen molar-refractivity contribution >= 4 is 12.4 Å². The van der Waals surface area contributed by atoms with Crippen molar-refractivity contribution in [2.24, 2.45) is 0 Å². The maximum absolute atomic E-state index is 10.1. The number of H-pyrrole nitrogens is 1. The molecule has 0 aliphatic heterocycles. The van der Waals surface area contributed by atoms with E-state index >= 15 is 0 Å². The molecule has 1 aromatic heterocycles. The Morgan fingerprint density at radius 3 is 2.60 bits per heavy atom. The van der Waals surface area contributed by atoms with Gasteiger partial charge in [0, 0.05) is 0 Å². The van der Waals surface area contributed by atoms with Crippen molar-refractivity contribution in [1.82, 2.24) is 9.97 Å². The van der Waals surface area contributed by atoms with Crippen LogP contribution in [0.5, 0.6) is 0 Å². The molecule has 0 spiro atoms. The zero-order chi connectivity index (χ0) is 10.5. The second-order valence-corrected chi connectivity index (χ2v) is 3.08. The van der Waals surface area contributed by atoms with E-state index in [1.807, 2.05) is 24.3 Å². The molecule has 15 heavy (non-hydrogen) atoms. The summed E-state index contributed by atoms with van der Waals surface area (Å²) in [6.07, 6.45) is 7.43. The second-order valence-electron chi connectivity index (χ2n) is 3.08. The van der Waals surface area contributed by atoms with Crippen LogP contribution in [0.3, 0.4) is 0 Å². The average molecular weight is 198 g/mol. The standard InChI is InChI=1S/C12H10N2O/c15-7-1-2-10-3-5-11(6-4-10)12-8-13-9-14-12/h1-9H,(H,13,14). The number of carbonyl (C=O) groups is 1. The molecular formula is C12H10N2O. The van der Waals surface area contributed by atoms with E-state index in [4.69, 9.17) is 0 Å². The molecule has 0 aliphatic rings. The molecule has 2 rings (SSSR count). The Morgan fingerprint density at radius 2 is 2.00 bits per heavy atom. The number of imidazole rings is 1. The minimum absolute atomic E-state index is 0.767. The third-order valence-electron chi connectivity index (χ3n) is 2.09. The summed E-state index contributed by atoms with van der Waals surface area (Å²) in [5.74, 6) is 0. The van der Waals surface area contributed by atoms with Gasteiger partial charge >= 0.3 is 0 Å². The van der Waals surface area contributed by atoms with Gasteiger partial charge in [-0.15, -0.1) is 0 Å². The molecule has 3 heteroatoms. The lowest BCUT2D eigenvalue weighted by atomic mass is 10.1. The average Bonchev–Trinajstić information content (AvgIpc) is 2.80. The highest BCUT2D eigenvalue weighted by molar-refractivity contribution is 5.74. The van der Waals surface area contributed by atoms with E-state index in [-0.39, 0.29) is 0 Å². The second kappa shape index (κ2) is 4.37. The molecule has 3 nitrogen and oxygen atoms in total. The van der Waals surface area contributed by atoms with Gasteiger partial charge in [0.15, 0.2) is 0 Å². The van der Waals surface area contributed by atoms with Gasteiger partial charge in [-0.1, -0.05) is 30.3 Å². The predicted octanol–water partition coefficient (Wildman–Crippen LogP) is 2.29. The van der Waals surface area contributed by atoms with Crippen LogP contribution in [0.1, 0.15) is 5.56 Å². The summed E-state index contributed by atoms with van der Waals surface area (Å²) in [6, 6.07) is 7.88. The number of allylic oxidation sites excluding steroid dienone is 1. The molecule has 0 fully saturated rings. The Labute approximate surface area is 87.5 Å². The van der Waals surface area contributed by atoms with Crippen LogP contribution in [0.25, 0.3) is 17.3 Å². The van der Waals surface area contributed by atoms with Crippen LogP contribution in [-0.2, 0) is 4.79 Å². The van der Waals surface area contributed by atoms with E-state index in [0.29, 0.717) is 0 Å². The largest absolute Gasteiger partial charge is 0.345 e. The number of hydrogen-bond donors (Lipinski definition) is 1. The smallest absolute Gasteiger partial charge is 0.142 e. The van der Waals surface area contributed by atoms with Crippen LogP contribution in [0, 0.1) is 0 Å². The molecule has 0 saturated heterocycles. The van der Waals surface area contributed by atoms with E-state index in [1.165, 1.54) is 6.08 Å². The fourth-order valence-corrected chi connectivity index (χ4v) is 1.34. The molecule has 74 valence electrons. The van der Waals surface area contributed by atoms with Gasteiger partial charge < -0.3 is 4.98 Å². The molecule has 0 bridgehead atoms. The third-order valence-corrected chi connectivity index (χ3v) is 2.09. The number of aldehydes is 1. The topological polar surface area (TPSA) is 45.8 Å². The highest BCUT2D eigenvalue weighted by atomic mass is 16.1. The molecule has 0 aliphatic carbocycles. The summed E-state index contributed by atoms with van der Waals surface area (Å²) < 4.78 is 0. The van der Waals surface area contributed by atoms with E-state index in [9.17, 15) is 4.79 Å². The van der Waals surface area contributed by atoms with E-state index in [1.54, 1.807) is 18.6 Å². The van der Waals surface area contributed by atoms with Crippen LogP contribution in [0.2, 0.25) is 0 Å². The van der Waals surface area contributed by atoms with E-state index in [0.717, 1.165) is 23.1 Å². The number of aromatic nitrogens is 2. The first-order valence-corrected chi connectivity index (χ1v) is 4.61. The van der Waals surface area contributed by atoms with Gasteiger partial charge in [-0.3, -0.25) is 4.79 Å². The van der Waals surface area contributed by atoms with Crippen molar-refractivity contribution in [2.45, 2.75) is 0 Å². The summed E-state index contributed by atoms with van der Waals surface area (Å²) >= 11 is 0. The van der Waals surface area contributed by atoms with Crippen molar-refractivity contribution in [3.05, 3.63) is 48.4 Å². The lowest BCUT2D eigenvalue weighted by molar-refractivity contribution is -0.104. The molecule has 0 saturated carbocycles. The maximum atomic E-state index is 10.1. The molecular weight excluding hydrogens is 188 g/mol. The summed E-state index contributed by atoms with van der Waals surface area (Å²) in [7, 11) is 0. The Bertz CT molecular complexity index is 455. The molecule has 1 heterocycles. The minimum atomic E-state index is 0.767. The van der Waals surface area contributed by atoms with E-state index in [2.05, 4.69) is 9.97 Å². The number of aromatic amines is 1. The SMILES string of the molecule is O=CC=Cc1ccc(-c2cnc[nH]2)cc1. The molecule has 0 atom stereocenters. The van der Waals surface area contributed by atoms with Crippen LogP contribution in [-0.4, -0.2) is 16.3 Å². The van der Waals surface area contributed by atoms with Crippen LogP contribution in [0.4, 0.5) is 0 Å². The first kappa shape index (κ1) is 9.40. The van der Waals surface area contributed by atoms with Gasteiger partial charge in [-0.25, -0.2) is 4.98 Å². The Balaban J connectivity index is 2.24. The van der Waals surface area contributed by atoms with Gasteiger partial charge in [-0.2, -0.15) is 0 Å². The summed E-state index contributed by atoms with van der Waals surface area (Å²) in [4.78, 5) is 17.1. The van der Waals surface area contributed by atoms with E-state index < -0.39 is 0 Å². The van der Waals surface area contributed by atoms with Crippen molar-refractivity contribution in [1.29, 1.82) is 0 Å². The maximum Gasteiger partial charge on any atom is 0.142 e. The number of benzene rings is 1. The molecule has 1 N–H and O–H groups in total. The lowest BCUT2D eigenvalue weighted by Gasteiger charge is -1.97. The van der Waals surface area contributed by atoms with Crippen molar-refractivity contribution in [3.63, 3.8) is 0 Å². The fourth-order valence-electron chi connectivity index (χ4n) is 1.34. The Morgan fingerprint density at radius 1 is 1.20 bits per heavy atom. The molecule has 0 amide bonds. The van der Waals surface area contributed by atoms with Gasteiger partial charge in [0.2, 0.25) is 0 Å². The number of carbonyl (C=O) groups excluding carboxylic acids is 1. The minimum Gasteiger partial charge on any atom is -0.345 e. The predicted molar refractivity (Wildman–Crippen MR) is 59.1 cm³/mol. The van der Waals surface area contributed by atoms with Gasteiger partial charge in [0.1, 0.15) is 6.29 Å². The monoisotopic (exact) mass is 198 g/mol. The number of nitrogens with zero attached hydrogens (tertiary/aromatic N) is 1. The first-order chi connectivity index (χ1) is 7.40. The number of nitrogens with one attached hydrogen (secondary N) is 1. The van der Waals surface area contributed by atoms with Crippen molar-refractivity contribution in [3.8, 4) is 11.3 Å². The first-order valence-electron chi connectivity index (χ1n) is 4.61.